The van der Waals surface area contributed by atoms with Gasteiger partial charge in [0.25, 0.3) is 11.5 Å². The summed E-state index contributed by atoms with van der Waals surface area (Å²) in [6.07, 6.45) is 19.7. The number of thiocarbonyl (C=S) groups is 1. The lowest BCUT2D eigenvalue weighted by Gasteiger charge is -2.29. The van der Waals surface area contributed by atoms with E-state index in [4.69, 9.17) is 12.2 Å². The van der Waals surface area contributed by atoms with E-state index in [2.05, 4.69) is 17.9 Å². The second kappa shape index (κ2) is 17.0. The zero-order valence-corrected chi connectivity index (χ0v) is 26.6. The largest absolute Gasteiger partial charge is 0.357 e. The first-order valence-corrected chi connectivity index (χ1v) is 16.8. The molecular weight excluding hydrogens is 537 g/mol. The Morgan fingerprint density at radius 1 is 0.875 bits per heavy atom. The predicted molar refractivity (Wildman–Crippen MR) is 173 cm³/mol. The number of pyridine rings is 1. The average molecular weight is 585 g/mol. The Labute approximate surface area is 251 Å². The van der Waals surface area contributed by atoms with Crippen LogP contribution >= 0.6 is 24.0 Å². The van der Waals surface area contributed by atoms with Crippen molar-refractivity contribution in [3.63, 3.8) is 0 Å². The van der Waals surface area contributed by atoms with E-state index in [1.165, 1.54) is 76.0 Å². The minimum absolute atomic E-state index is 0.0566. The van der Waals surface area contributed by atoms with Crippen molar-refractivity contribution in [3.05, 3.63) is 31.9 Å². The number of rotatable bonds is 15. The van der Waals surface area contributed by atoms with Crippen molar-refractivity contribution < 1.29 is 4.79 Å². The van der Waals surface area contributed by atoms with Crippen LogP contribution in [-0.2, 0) is 11.3 Å². The molecule has 1 aromatic heterocycles. The number of thioether (sulfide) groups is 1. The molecule has 1 aromatic rings. The number of anilines is 1. The molecule has 8 heteroatoms. The first-order valence-electron chi connectivity index (χ1n) is 15.6. The van der Waals surface area contributed by atoms with Crippen LogP contribution in [0.2, 0.25) is 0 Å². The Morgan fingerprint density at radius 2 is 1.48 bits per heavy atom. The highest BCUT2D eigenvalue weighted by molar-refractivity contribution is 8.26. The second-order valence-corrected chi connectivity index (χ2v) is 12.9. The Balaban J connectivity index is 1.76. The minimum atomic E-state index is -0.230. The molecule has 0 saturated carbocycles. The molecule has 2 aliphatic heterocycles. The fourth-order valence-corrected chi connectivity index (χ4v) is 7.07. The van der Waals surface area contributed by atoms with Crippen LogP contribution in [-0.4, -0.2) is 39.3 Å². The van der Waals surface area contributed by atoms with Gasteiger partial charge in [0.1, 0.15) is 21.8 Å². The molecule has 3 heterocycles. The number of carbonyl (C=O) groups is 1. The van der Waals surface area contributed by atoms with Crippen molar-refractivity contribution in [2.24, 2.45) is 0 Å². The molecule has 0 atom stereocenters. The second-order valence-electron chi connectivity index (χ2n) is 11.2. The molecule has 0 aromatic carbocycles. The van der Waals surface area contributed by atoms with Crippen LogP contribution in [0.15, 0.2) is 9.70 Å². The van der Waals surface area contributed by atoms with E-state index >= 15 is 0 Å². The standard InChI is InChI=1S/C32H48N4O2S2/c1-4-6-7-8-9-10-11-12-13-18-22-36-31(38)28(40-32(36)39)23-26-25(3)27(24-33)30(37)35(19-5-2)29(26)34-20-16-14-15-17-21-34/h23H,4-22H2,1-3H3/b28-23+. The van der Waals surface area contributed by atoms with Crippen molar-refractivity contribution >= 4 is 46.1 Å². The number of nitrogens with zero attached hydrogens (tertiary/aromatic N) is 4. The van der Waals surface area contributed by atoms with Gasteiger partial charge in [0.05, 0.1) is 4.91 Å². The maximum Gasteiger partial charge on any atom is 0.270 e. The van der Waals surface area contributed by atoms with Crippen molar-refractivity contribution in [1.82, 2.24) is 9.47 Å². The van der Waals surface area contributed by atoms with Gasteiger partial charge in [-0.3, -0.25) is 19.1 Å². The monoisotopic (exact) mass is 584 g/mol. The van der Waals surface area contributed by atoms with Crippen LogP contribution in [0.3, 0.4) is 0 Å². The van der Waals surface area contributed by atoms with Gasteiger partial charge in [-0.25, -0.2) is 0 Å². The summed E-state index contributed by atoms with van der Waals surface area (Å²) in [4.78, 5) is 31.5. The molecule has 220 valence electrons. The summed E-state index contributed by atoms with van der Waals surface area (Å²) in [7, 11) is 0. The van der Waals surface area contributed by atoms with Crippen LogP contribution in [0.1, 0.15) is 127 Å². The van der Waals surface area contributed by atoms with Crippen LogP contribution in [0.4, 0.5) is 5.82 Å². The molecule has 0 radical (unpaired) electrons. The third-order valence-corrected chi connectivity index (χ3v) is 9.46. The number of carbonyl (C=O) groups excluding carboxylic acids is 1. The van der Waals surface area contributed by atoms with Gasteiger partial charge >= 0.3 is 0 Å². The fourth-order valence-electron chi connectivity index (χ4n) is 5.78. The highest BCUT2D eigenvalue weighted by atomic mass is 32.2. The third kappa shape index (κ3) is 8.45. The smallest absolute Gasteiger partial charge is 0.270 e. The molecule has 0 bridgehead atoms. The number of aromatic nitrogens is 1. The van der Waals surface area contributed by atoms with E-state index in [1.54, 1.807) is 9.47 Å². The van der Waals surface area contributed by atoms with Crippen LogP contribution in [0, 0.1) is 18.3 Å². The van der Waals surface area contributed by atoms with Crippen LogP contribution < -0.4 is 10.5 Å². The Bertz CT molecular complexity index is 1140. The summed E-state index contributed by atoms with van der Waals surface area (Å²) >= 11 is 6.98. The van der Waals surface area contributed by atoms with Gasteiger partial charge < -0.3 is 4.90 Å². The number of unbranched alkanes of at least 4 members (excludes halogenated alkanes) is 9. The molecule has 2 fully saturated rings. The summed E-state index contributed by atoms with van der Waals surface area (Å²) < 4.78 is 2.37. The number of hydrogen-bond acceptors (Lipinski definition) is 6. The summed E-state index contributed by atoms with van der Waals surface area (Å²) in [6.45, 7) is 9.07. The number of hydrogen-bond donors (Lipinski definition) is 0. The van der Waals surface area contributed by atoms with E-state index in [1.807, 2.05) is 19.9 Å². The van der Waals surface area contributed by atoms with Crippen molar-refractivity contribution in [3.8, 4) is 6.07 Å². The molecule has 2 saturated heterocycles. The molecule has 1 amide bonds. The maximum atomic E-state index is 13.5. The lowest BCUT2D eigenvalue weighted by atomic mass is 10.0. The Hall–Kier alpha value is -2.11. The van der Waals surface area contributed by atoms with Crippen molar-refractivity contribution in [1.29, 1.82) is 5.26 Å². The number of amides is 1. The van der Waals surface area contributed by atoms with Crippen LogP contribution in [0.5, 0.6) is 0 Å². The zero-order valence-electron chi connectivity index (χ0n) is 24.9. The zero-order chi connectivity index (χ0) is 28.9. The lowest BCUT2D eigenvalue weighted by molar-refractivity contribution is -0.122. The predicted octanol–water partition coefficient (Wildman–Crippen LogP) is 7.94. The topological polar surface area (TPSA) is 69.3 Å². The molecule has 0 unspecified atom stereocenters. The van der Waals surface area contributed by atoms with Gasteiger partial charge in [-0.2, -0.15) is 5.26 Å². The van der Waals surface area contributed by atoms with Gasteiger partial charge in [-0.15, -0.1) is 0 Å². The molecule has 0 N–H and O–H groups in total. The summed E-state index contributed by atoms with van der Waals surface area (Å²) in [5.41, 5.74) is 1.40. The summed E-state index contributed by atoms with van der Waals surface area (Å²) in [6, 6.07) is 2.15. The van der Waals surface area contributed by atoms with Gasteiger partial charge in [-0.05, 0) is 44.2 Å². The minimum Gasteiger partial charge on any atom is -0.357 e. The van der Waals surface area contributed by atoms with Crippen LogP contribution in [0.25, 0.3) is 6.08 Å². The molecule has 3 rings (SSSR count). The summed E-state index contributed by atoms with van der Waals surface area (Å²) in [5, 5.41) is 9.88. The van der Waals surface area contributed by atoms with E-state index in [-0.39, 0.29) is 17.0 Å². The SMILES string of the molecule is CCCCCCCCCCCCN1C(=O)/C(=C\c2c(C)c(C#N)c(=O)n(CCC)c2N2CCCCCC2)SC1=S. The van der Waals surface area contributed by atoms with E-state index < -0.39 is 0 Å². The third-order valence-electron chi connectivity index (χ3n) is 8.08. The van der Waals surface area contributed by atoms with Gasteiger partial charge in [0, 0.05) is 31.7 Å². The first-order chi connectivity index (χ1) is 19.4. The molecule has 2 aliphatic rings. The Kier molecular flexibility index (Phi) is 13.8. The normalized spacial score (nSPS) is 17.1. The maximum absolute atomic E-state index is 13.5. The molecule has 0 spiro atoms. The van der Waals surface area contributed by atoms with Gasteiger partial charge in [-0.1, -0.05) is 108 Å². The van der Waals surface area contributed by atoms with Gasteiger partial charge in [0.2, 0.25) is 0 Å². The molecular formula is C32H48N4O2S2. The van der Waals surface area contributed by atoms with Gasteiger partial charge in [0.15, 0.2) is 0 Å². The van der Waals surface area contributed by atoms with E-state index in [0.29, 0.717) is 27.9 Å². The van der Waals surface area contributed by atoms with E-state index in [0.717, 1.165) is 56.6 Å². The molecule has 0 aliphatic carbocycles. The van der Waals surface area contributed by atoms with Crippen molar-refractivity contribution in [2.45, 2.75) is 124 Å². The lowest BCUT2D eigenvalue weighted by Crippen LogP contribution is -2.35. The van der Waals surface area contributed by atoms with Crippen molar-refractivity contribution in [2.75, 3.05) is 24.5 Å². The average Bonchev–Trinajstić information content (AvgIpc) is 3.10. The molecule has 6 nitrogen and oxygen atoms in total. The molecule has 40 heavy (non-hydrogen) atoms. The fraction of sp³-hybridized carbons (Fsp3) is 0.688. The number of nitriles is 1. The summed E-state index contributed by atoms with van der Waals surface area (Å²) in [5.74, 6) is 0.795. The highest BCUT2D eigenvalue weighted by Gasteiger charge is 2.33. The first kappa shape index (κ1) is 32.4. The Morgan fingerprint density at radius 3 is 2.05 bits per heavy atom. The quantitative estimate of drug-likeness (QED) is 0.118. The highest BCUT2D eigenvalue weighted by Crippen LogP contribution is 2.36. The van der Waals surface area contributed by atoms with E-state index in [9.17, 15) is 14.9 Å².